The number of nitrogens with one attached hydrogen (secondary N) is 1. The van der Waals surface area contributed by atoms with Gasteiger partial charge in [-0.25, -0.2) is 8.42 Å². The maximum Gasteiger partial charge on any atom is 0.151 e. The maximum atomic E-state index is 11.6. The van der Waals surface area contributed by atoms with Crippen molar-refractivity contribution in [1.29, 1.82) is 0 Å². The first-order valence-electron chi connectivity index (χ1n) is 6.29. The molecule has 0 amide bonds. The Kier molecular flexibility index (Phi) is 4.60. The van der Waals surface area contributed by atoms with Gasteiger partial charge in [0, 0.05) is 18.8 Å². The molecule has 3 atom stereocenters. The molecule has 1 saturated carbocycles. The van der Waals surface area contributed by atoms with Gasteiger partial charge in [-0.3, -0.25) is 0 Å². The Labute approximate surface area is 105 Å². The van der Waals surface area contributed by atoms with Crippen molar-refractivity contribution in [3.8, 4) is 0 Å². The molecule has 0 aliphatic heterocycles. The summed E-state index contributed by atoms with van der Waals surface area (Å²) < 4.78 is 23.2. The lowest BCUT2D eigenvalue weighted by molar-refractivity contribution is 0.0120. The first-order chi connectivity index (χ1) is 7.64. The molecule has 0 bridgehead atoms. The molecule has 0 spiro atoms. The Morgan fingerprint density at radius 1 is 1.41 bits per heavy atom. The quantitative estimate of drug-likeness (QED) is 0.775. The van der Waals surface area contributed by atoms with E-state index in [0.717, 1.165) is 19.3 Å². The summed E-state index contributed by atoms with van der Waals surface area (Å²) >= 11 is 0. The lowest BCUT2D eigenvalue weighted by atomic mass is 9.92. The molecule has 4 nitrogen and oxygen atoms in total. The molecule has 2 N–H and O–H groups in total. The molecule has 0 radical (unpaired) electrons. The summed E-state index contributed by atoms with van der Waals surface area (Å²) in [5.41, 5.74) is -0.787. The van der Waals surface area contributed by atoms with Crippen LogP contribution < -0.4 is 5.32 Å². The van der Waals surface area contributed by atoms with E-state index >= 15 is 0 Å². The van der Waals surface area contributed by atoms with E-state index in [9.17, 15) is 13.5 Å². The third kappa shape index (κ3) is 3.93. The summed E-state index contributed by atoms with van der Waals surface area (Å²) in [7, 11) is -2.98. The molecule has 0 heterocycles. The molecule has 0 aromatic heterocycles. The van der Waals surface area contributed by atoms with Crippen molar-refractivity contribution in [3.05, 3.63) is 0 Å². The molecule has 1 aliphatic carbocycles. The van der Waals surface area contributed by atoms with E-state index < -0.39 is 15.4 Å². The SMILES string of the molecule is CC(C)C(C)(O)CNC1CCCC1S(C)(=O)=O. The molecule has 1 fully saturated rings. The van der Waals surface area contributed by atoms with Crippen molar-refractivity contribution in [1.82, 2.24) is 5.32 Å². The second-order valence-electron chi connectivity index (χ2n) is 5.80. The number of hydrogen-bond acceptors (Lipinski definition) is 4. The van der Waals surface area contributed by atoms with Gasteiger partial charge in [0.25, 0.3) is 0 Å². The highest BCUT2D eigenvalue weighted by molar-refractivity contribution is 7.91. The highest BCUT2D eigenvalue weighted by Crippen LogP contribution is 2.26. The number of sulfone groups is 1. The van der Waals surface area contributed by atoms with E-state index in [-0.39, 0.29) is 17.2 Å². The van der Waals surface area contributed by atoms with Gasteiger partial charge in [-0.05, 0) is 25.7 Å². The third-order valence-electron chi connectivity index (χ3n) is 3.97. The van der Waals surface area contributed by atoms with Crippen LogP contribution in [0.1, 0.15) is 40.0 Å². The van der Waals surface area contributed by atoms with Gasteiger partial charge >= 0.3 is 0 Å². The van der Waals surface area contributed by atoms with Crippen molar-refractivity contribution in [3.63, 3.8) is 0 Å². The summed E-state index contributed by atoms with van der Waals surface area (Å²) in [6, 6.07) is -0.00442. The fourth-order valence-electron chi connectivity index (χ4n) is 2.21. The lowest BCUT2D eigenvalue weighted by Crippen LogP contribution is -2.49. The van der Waals surface area contributed by atoms with Crippen LogP contribution in [-0.4, -0.2) is 43.2 Å². The predicted octanol–water partition coefficient (Wildman–Crippen LogP) is 0.949. The number of hydrogen-bond donors (Lipinski definition) is 2. The first-order valence-corrected chi connectivity index (χ1v) is 8.24. The van der Waals surface area contributed by atoms with Crippen LogP contribution in [-0.2, 0) is 9.84 Å². The van der Waals surface area contributed by atoms with E-state index in [1.165, 1.54) is 6.26 Å². The maximum absolute atomic E-state index is 11.6. The number of rotatable bonds is 5. The van der Waals surface area contributed by atoms with Crippen LogP contribution >= 0.6 is 0 Å². The van der Waals surface area contributed by atoms with Gasteiger partial charge in [0.2, 0.25) is 0 Å². The summed E-state index contributed by atoms with van der Waals surface area (Å²) in [5, 5.41) is 13.1. The van der Waals surface area contributed by atoms with E-state index in [4.69, 9.17) is 0 Å². The van der Waals surface area contributed by atoms with Crippen molar-refractivity contribution < 1.29 is 13.5 Å². The lowest BCUT2D eigenvalue weighted by Gasteiger charge is -2.30. The normalized spacial score (nSPS) is 29.5. The molecular weight excluding hydrogens is 238 g/mol. The molecule has 5 heteroatoms. The van der Waals surface area contributed by atoms with Gasteiger partial charge in [-0.2, -0.15) is 0 Å². The van der Waals surface area contributed by atoms with Crippen LogP contribution in [0.3, 0.4) is 0 Å². The predicted molar refractivity (Wildman–Crippen MR) is 69.7 cm³/mol. The molecule has 0 aromatic rings. The summed E-state index contributed by atoms with van der Waals surface area (Å²) in [4.78, 5) is 0. The molecule has 3 unspecified atom stereocenters. The fraction of sp³-hybridized carbons (Fsp3) is 1.00. The Morgan fingerprint density at radius 3 is 2.47 bits per heavy atom. The monoisotopic (exact) mass is 263 g/mol. The zero-order chi connectivity index (χ0) is 13.3. The Hall–Kier alpha value is -0.130. The van der Waals surface area contributed by atoms with Crippen LogP contribution in [0.4, 0.5) is 0 Å². The van der Waals surface area contributed by atoms with Gasteiger partial charge in [-0.1, -0.05) is 20.3 Å². The minimum absolute atomic E-state index is 0.00442. The molecular formula is C12H25NO3S. The highest BCUT2D eigenvalue weighted by atomic mass is 32.2. The molecule has 1 rings (SSSR count). The van der Waals surface area contributed by atoms with Gasteiger partial charge in [-0.15, -0.1) is 0 Å². The van der Waals surface area contributed by atoms with Crippen LogP contribution in [0.5, 0.6) is 0 Å². The average Bonchev–Trinajstić information content (AvgIpc) is 2.61. The van der Waals surface area contributed by atoms with Gasteiger partial charge < -0.3 is 10.4 Å². The molecule has 0 saturated heterocycles. The first kappa shape index (κ1) is 14.9. The van der Waals surface area contributed by atoms with Crippen molar-refractivity contribution in [2.45, 2.75) is 56.9 Å². The van der Waals surface area contributed by atoms with Crippen LogP contribution in [0.25, 0.3) is 0 Å². The van der Waals surface area contributed by atoms with Crippen LogP contribution in [0, 0.1) is 5.92 Å². The van der Waals surface area contributed by atoms with E-state index in [1.54, 1.807) is 6.92 Å². The smallest absolute Gasteiger partial charge is 0.151 e. The molecule has 1 aliphatic rings. The molecule has 0 aromatic carbocycles. The van der Waals surface area contributed by atoms with Crippen LogP contribution in [0.15, 0.2) is 0 Å². The van der Waals surface area contributed by atoms with Gasteiger partial charge in [0.05, 0.1) is 10.9 Å². The van der Waals surface area contributed by atoms with Crippen molar-refractivity contribution >= 4 is 9.84 Å². The minimum atomic E-state index is -2.98. The van der Waals surface area contributed by atoms with Gasteiger partial charge in [0.15, 0.2) is 9.84 Å². The topological polar surface area (TPSA) is 66.4 Å². The third-order valence-corrected chi connectivity index (χ3v) is 5.63. The largest absolute Gasteiger partial charge is 0.389 e. The second kappa shape index (κ2) is 5.24. The van der Waals surface area contributed by atoms with Crippen molar-refractivity contribution in [2.75, 3.05) is 12.8 Å². The zero-order valence-electron chi connectivity index (χ0n) is 11.2. The summed E-state index contributed by atoms with van der Waals surface area (Å²) in [6.07, 6.45) is 3.86. The van der Waals surface area contributed by atoms with Gasteiger partial charge in [0.1, 0.15) is 0 Å². The second-order valence-corrected chi connectivity index (χ2v) is 8.06. The highest BCUT2D eigenvalue weighted by Gasteiger charge is 2.36. The minimum Gasteiger partial charge on any atom is -0.389 e. The standard InChI is InChI=1S/C12H25NO3S/c1-9(2)12(3,14)8-13-10-6-5-7-11(10)17(4,15)16/h9-11,13-14H,5-8H2,1-4H3. The van der Waals surface area contributed by atoms with E-state index in [2.05, 4.69) is 5.32 Å². The summed E-state index contributed by atoms with van der Waals surface area (Å²) in [6.45, 7) is 6.16. The number of aliphatic hydroxyl groups is 1. The average molecular weight is 263 g/mol. The zero-order valence-corrected chi connectivity index (χ0v) is 12.0. The fourth-order valence-corrected chi connectivity index (χ4v) is 3.64. The van der Waals surface area contributed by atoms with Crippen LogP contribution in [0.2, 0.25) is 0 Å². The van der Waals surface area contributed by atoms with E-state index in [0.29, 0.717) is 6.54 Å². The van der Waals surface area contributed by atoms with Crippen molar-refractivity contribution in [2.24, 2.45) is 5.92 Å². The Balaban J connectivity index is 2.58. The molecule has 17 heavy (non-hydrogen) atoms. The Bertz CT molecular complexity index is 349. The van der Waals surface area contributed by atoms with E-state index in [1.807, 2.05) is 13.8 Å². The molecule has 102 valence electrons. The summed E-state index contributed by atoms with van der Waals surface area (Å²) in [5.74, 6) is 0.146. The Morgan fingerprint density at radius 2 is 2.00 bits per heavy atom.